The molecule has 0 aromatic rings. The summed E-state index contributed by atoms with van der Waals surface area (Å²) in [5.74, 6) is 0. The van der Waals surface area contributed by atoms with E-state index in [1.165, 1.54) is 25.7 Å². The summed E-state index contributed by atoms with van der Waals surface area (Å²) in [5.41, 5.74) is 0. The van der Waals surface area contributed by atoms with Gasteiger partial charge in [0.05, 0.1) is 6.26 Å². The molecule has 0 radical (unpaired) electrons. The van der Waals surface area contributed by atoms with Gasteiger partial charge in [0.25, 0.3) is 0 Å². The zero-order valence-electron chi connectivity index (χ0n) is 8.96. The van der Waals surface area contributed by atoms with Crippen molar-refractivity contribution in [3.63, 3.8) is 0 Å². The molecule has 0 bridgehead atoms. The number of ether oxygens (including phenoxy) is 1. The fraction of sp³-hybridized carbons (Fsp3) is 0.667. The average Bonchev–Trinajstić information content (AvgIpc) is 2.16. The van der Waals surface area contributed by atoms with Crippen LogP contribution in [0.4, 0.5) is 0 Å². The minimum absolute atomic E-state index is 0.696. The monoisotopic (exact) mass is 182 g/mol. The van der Waals surface area contributed by atoms with Gasteiger partial charge in [0.1, 0.15) is 6.61 Å². The van der Waals surface area contributed by atoms with E-state index in [1.807, 2.05) is 25.3 Å². The maximum absolute atomic E-state index is 5.21. The van der Waals surface area contributed by atoms with Crippen LogP contribution in [-0.4, -0.2) is 6.61 Å². The summed E-state index contributed by atoms with van der Waals surface area (Å²) in [6.07, 6.45) is 14.4. The van der Waals surface area contributed by atoms with E-state index in [1.54, 1.807) is 0 Å². The average molecular weight is 182 g/mol. The van der Waals surface area contributed by atoms with Crippen LogP contribution >= 0.6 is 0 Å². The highest BCUT2D eigenvalue weighted by molar-refractivity contribution is 4.79. The fourth-order valence-corrected chi connectivity index (χ4v) is 1.03. The second-order valence-corrected chi connectivity index (χ2v) is 3.12. The van der Waals surface area contributed by atoms with Gasteiger partial charge < -0.3 is 4.74 Å². The van der Waals surface area contributed by atoms with Crippen molar-refractivity contribution in [2.75, 3.05) is 6.61 Å². The van der Waals surface area contributed by atoms with Crippen LogP contribution in [0, 0.1) is 0 Å². The van der Waals surface area contributed by atoms with Crippen molar-refractivity contribution < 1.29 is 4.74 Å². The van der Waals surface area contributed by atoms with Crippen LogP contribution in [0.1, 0.15) is 46.0 Å². The Morgan fingerprint density at radius 2 is 1.92 bits per heavy atom. The van der Waals surface area contributed by atoms with Crippen LogP contribution in [0.5, 0.6) is 0 Å². The van der Waals surface area contributed by atoms with Crippen molar-refractivity contribution in [1.29, 1.82) is 0 Å². The molecule has 0 N–H and O–H groups in total. The zero-order chi connectivity index (χ0) is 9.78. The number of hydrogen-bond acceptors (Lipinski definition) is 1. The lowest BCUT2D eigenvalue weighted by Crippen LogP contribution is -1.80. The van der Waals surface area contributed by atoms with E-state index in [0.29, 0.717) is 6.61 Å². The van der Waals surface area contributed by atoms with Crippen LogP contribution in [0.15, 0.2) is 24.5 Å². The zero-order valence-corrected chi connectivity index (χ0v) is 8.96. The predicted octanol–water partition coefficient (Wildman–Crippen LogP) is 4.06. The fourth-order valence-electron chi connectivity index (χ4n) is 1.03. The molecule has 0 saturated heterocycles. The van der Waals surface area contributed by atoms with Gasteiger partial charge in [-0.3, -0.25) is 0 Å². The molecule has 13 heavy (non-hydrogen) atoms. The largest absolute Gasteiger partial charge is 0.497 e. The van der Waals surface area contributed by atoms with Crippen LogP contribution in [0.3, 0.4) is 0 Å². The molecule has 0 aliphatic carbocycles. The summed E-state index contributed by atoms with van der Waals surface area (Å²) in [6.45, 7) is 4.93. The van der Waals surface area contributed by atoms with Crippen LogP contribution in [0.2, 0.25) is 0 Å². The first-order valence-corrected chi connectivity index (χ1v) is 5.29. The molecular formula is C12H22O. The molecule has 0 aliphatic rings. The van der Waals surface area contributed by atoms with Crippen LogP contribution in [0.25, 0.3) is 0 Å². The van der Waals surface area contributed by atoms with Crippen LogP contribution in [-0.2, 0) is 4.74 Å². The maximum atomic E-state index is 5.21. The third kappa shape index (κ3) is 11.3. The third-order valence-corrected chi connectivity index (χ3v) is 1.84. The van der Waals surface area contributed by atoms with E-state index in [-0.39, 0.29) is 0 Å². The van der Waals surface area contributed by atoms with Crippen molar-refractivity contribution >= 4 is 0 Å². The summed E-state index contributed by atoms with van der Waals surface area (Å²) < 4.78 is 5.21. The first-order chi connectivity index (χ1) is 6.41. The summed E-state index contributed by atoms with van der Waals surface area (Å²) >= 11 is 0. The normalized spacial score (nSPS) is 11.5. The lowest BCUT2D eigenvalue weighted by Gasteiger charge is -1.95. The first-order valence-electron chi connectivity index (χ1n) is 5.29. The van der Waals surface area contributed by atoms with E-state index >= 15 is 0 Å². The SMILES string of the molecule is C/C=C/CO/C=C/CCCCCC. The molecule has 0 saturated carbocycles. The first kappa shape index (κ1) is 12.3. The summed E-state index contributed by atoms with van der Waals surface area (Å²) in [5, 5.41) is 0. The molecule has 0 unspecified atom stereocenters. The van der Waals surface area contributed by atoms with Crippen molar-refractivity contribution in [3.05, 3.63) is 24.5 Å². The molecule has 0 spiro atoms. The Bertz CT molecular complexity index is 136. The number of unbranched alkanes of at least 4 members (excludes halogenated alkanes) is 4. The summed E-state index contributed by atoms with van der Waals surface area (Å²) in [6, 6.07) is 0. The highest BCUT2D eigenvalue weighted by atomic mass is 16.5. The quantitative estimate of drug-likeness (QED) is 0.312. The molecule has 0 rings (SSSR count). The standard InChI is InChI=1S/C12H22O/c1-3-5-7-8-9-10-12-13-11-6-4-2/h4,6,10,12H,3,5,7-9,11H2,1-2H3/b6-4+,12-10+. The maximum Gasteiger partial charge on any atom is 0.105 e. The second-order valence-electron chi connectivity index (χ2n) is 3.12. The molecule has 0 aromatic carbocycles. The Morgan fingerprint density at radius 3 is 2.62 bits per heavy atom. The Morgan fingerprint density at radius 1 is 1.08 bits per heavy atom. The summed E-state index contributed by atoms with van der Waals surface area (Å²) in [7, 11) is 0. The van der Waals surface area contributed by atoms with Gasteiger partial charge in [-0.25, -0.2) is 0 Å². The topological polar surface area (TPSA) is 9.23 Å². The van der Waals surface area contributed by atoms with E-state index in [2.05, 4.69) is 13.0 Å². The van der Waals surface area contributed by atoms with Crippen molar-refractivity contribution in [2.45, 2.75) is 46.0 Å². The minimum atomic E-state index is 0.696. The predicted molar refractivity (Wildman–Crippen MR) is 58.7 cm³/mol. The van der Waals surface area contributed by atoms with Gasteiger partial charge in [-0.05, 0) is 25.8 Å². The second kappa shape index (κ2) is 11.3. The smallest absolute Gasteiger partial charge is 0.105 e. The Balaban J connectivity index is 3.03. The van der Waals surface area contributed by atoms with Crippen molar-refractivity contribution in [2.24, 2.45) is 0 Å². The van der Waals surface area contributed by atoms with Crippen LogP contribution < -0.4 is 0 Å². The van der Waals surface area contributed by atoms with Gasteiger partial charge >= 0.3 is 0 Å². The van der Waals surface area contributed by atoms with E-state index in [4.69, 9.17) is 4.74 Å². The highest BCUT2D eigenvalue weighted by Gasteiger charge is 1.83. The Labute approximate surface area is 82.5 Å². The molecular weight excluding hydrogens is 160 g/mol. The molecule has 0 aromatic heterocycles. The molecule has 0 amide bonds. The van der Waals surface area contributed by atoms with Gasteiger partial charge in [0.15, 0.2) is 0 Å². The Hall–Kier alpha value is -0.720. The minimum Gasteiger partial charge on any atom is -0.497 e. The van der Waals surface area contributed by atoms with E-state index in [9.17, 15) is 0 Å². The molecule has 1 nitrogen and oxygen atoms in total. The highest BCUT2D eigenvalue weighted by Crippen LogP contribution is 2.02. The number of rotatable bonds is 8. The van der Waals surface area contributed by atoms with Crippen molar-refractivity contribution in [1.82, 2.24) is 0 Å². The Kier molecular flexibility index (Phi) is 10.7. The number of hydrogen-bond donors (Lipinski definition) is 0. The summed E-state index contributed by atoms with van der Waals surface area (Å²) in [4.78, 5) is 0. The van der Waals surface area contributed by atoms with Gasteiger partial charge in [0.2, 0.25) is 0 Å². The molecule has 0 heterocycles. The third-order valence-electron chi connectivity index (χ3n) is 1.84. The molecule has 76 valence electrons. The molecule has 0 aliphatic heterocycles. The number of allylic oxidation sites excluding steroid dienone is 2. The van der Waals surface area contributed by atoms with Gasteiger partial charge in [-0.15, -0.1) is 0 Å². The van der Waals surface area contributed by atoms with Gasteiger partial charge in [-0.1, -0.05) is 38.3 Å². The lowest BCUT2D eigenvalue weighted by atomic mass is 10.1. The van der Waals surface area contributed by atoms with E-state index < -0.39 is 0 Å². The molecule has 0 atom stereocenters. The van der Waals surface area contributed by atoms with Gasteiger partial charge in [-0.2, -0.15) is 0 Å². The van der Waals surface area contributed by atoms with Crippen molar-refractivity contribution in [3.8, 4) is 0 Å². The van der Waals surface area contributed by atoms with E-state index in [0.717, 1.165) is 6.42 Å². The molecule has 0 fully saturated rings. The lowest BCUT2D eigenvalue weighted by molar-refractivity contribution is 0.288. The van der Waals surface area contributed by atoms with Gasteiger partial charge in [0, 0.05) is 0 Å². The molecule has 1 heteroatoms.